The van der Waals surface area contributed by atoms with Crippen molar-refractivity contribution in [2.75, 3.05) is 19.0 Å². The van der Waals surface area contributed by atoms with Crippen LogP contribution in [0.25, 0.3) is 27.8 Å². The number of aromatic nitrogens is 5. The molecule has 1 aliphatic rings. The Labute approximate surface area is 254 Å². The summed E-state index contributed by atoms with van der Waals surface area (Å²) in [6, 6.07) is 23.6. The zero-order valence-corrected chi connectivity index (χ0v) is 24.4. The van der Waals surface area contributed by atoms with E-state index in [2.05, 4.69) is 55.6 Å². The van der Waals surface area contributed by atoms with Crippen molar-refractivity contribution in [3.8, 4) is 17.0 Å². The van der Waals surface area contributed by atoms with Gasteiger partial charge in [-0.2, -0.15) is 5.10 Å². The Balaban J connectivity index is 1.24. The van der Waals surface area contributed by atoms with Gasteiger partial charge < -0.3 is 24.5 Å². The van der Waals surface area contributed by atoms with Crippen LogP contribution in [0, 0.1) is 0 Å². The van der Waals surface area contributed by atoms with Crippen LogP contribution in [0.3, 0.4) is 0 Å². The zero-order chi connectivity index (χ0) is 29.9. The maximum Gasteiger partial charge on any atom is 0.270 e. The standard InChI is InChI=1S/C34H33N7O3/c1-43-26-11-8-23(9-12-26)20-36-33-31-18-24(21-37-34(42)27-6-2-4-15-35-27)22-40(31)30-13-10-25(19-28(30)39-33)29-14-16-38-41(29)32-7-3-5-17-44-32/h2,4,6,8-16,18-19,22,32H,3,5,7,17,20-21H2,1H3,(H,36,39)(H,37,42). The average Bonchev–Trinajstić information content (AvgIpc) is 3.75. The first-order valence-electron chi connectivity index (χ1n) is 14.8. The monoisotopic (exact) mass is 587 g/mol. The molecule has 4 aromatic heterocycles. The SMILES string of the molecule is COc1ccc(CNc2nc3cc(-c4ccnn4C4CCCCO4)ccc3n3cc(CNC(=O)c4ccccn4)cc23)cc1. The fraction of sp³-hybridized carbons (Fsp3) is 0.235. The first kappa shape index (κ1) is 27.6. The first-order chi connectivity index (χ1) is 21.7. The van der Waals surface area contributed by atoms with Crippen molar-refractivity contribution in [3.05, 3.63) is 108 Å². The third-order valence-corrected chi connectivity index (χ3v) is 7.95. The van der Waals surface area contributed by atoms with Crippen LogP contribution in [-0.4, -0.2) is 43.8 Å². The topological polar surface area (TPSA) is 108 Å². The predicted octanol–water partition coefficient (Wildman–Crippen LogP) is 6.00. The molecule has 5 heterocycles. The number of anilines is 1. The molecule has 10 heteroatoms. The van der Waals surface area contributed by atoms with E-state index in [4.69, 9.17) is 14.5 Å². The second-order valence-corrected chi connectivity index (χ2v) is 10.8. The van der Waals surface area contributed by atoms with E-state index in [0.29, 0.717) is 18.8 Å². The number of nitrogens with one attached hydrogen (secondary N) is 2. The van der Waals surface area contributed by atoms with E-state index >= 15 is 0 Å². The van der Waals surface area contributed by atoms with Gasteiger partial charge in [-0.15, -0.1) is 0 Å². The number of benzene rings is 2. The van der Waals surface area contributed by atoms with Crippen molar-refractivity contribution < 1.29 is 14.3 Å². The van der Waals surface area contributed by atoms with Crippen molar-refractivity contribution in [1.82, 2.24) is 29.5 Å². The van der Waals surface area contributed by atoms with E-state index in [9.17, 15) is 4.79 Å². The average molecular weight is 588 g/mol. The summed E-state index contributed by atoms with van der Waals surface area (Å²) in [7, 11) is 1.66. The number of methoxy groups -OCH3 is 1. The summed E-state index contributed by atoms with van der Waals surface area (Å²) < 4.78 is 15.5. The Kier molecular flexibility index (Phi) is 7.64. The highest BCUT2D eigenvalue weighted by Crippen LogP contribution is 2.32. The normalized spacial score (nSPS) is 15.0. The lowest BCUT2D eigenvalue weighted by Crippen LogP contribution is -2.23. The molecule has 222 valence electrons. The van der Waals surface area contributed by atoms with E-state index < -0.39 is 0 Å². The summed E-state index contributed by atoms with van der Waals surface area (Å²) in [4.78, 5) is 21.9. The van der Waals surface area contributed by atoms with Gasteiger partial charge in [0.1, 0.15) is 11.4 Å². The molecule has 1 amide bonds. The lowest BCUT2D eigenvalue weighted by atomic mass is 10.1. The number of fused-ring (bicyclic) bond motifs is 3. The van der Waals surface area contributed by atoms with Gasteiger partial charge >= 0.3 is 0 Å². The highest BCUT2D eigenvalue weighted by molar-refractivity contribution is 5.92. The molecule has 7 rings (SSSR count). The Morgan fingerprint density at radius 3 is 2.68 bits per heavy atom. The Morgan fingerprint density at radius 1 is 0.977 bits per heavy atom. The molecule has 1 aliphatic heterocycles. The predicted molar refractivity (Wildman–Crippen MR) is 168 cm³/mol. The molecule has 0 radical (unpaired) electrons. The minimum atomic E-state index is -0.218. The number of carbonyl (C=O) groups excluding carboxylic acids is 1. The van der Waals surface area contributed by atoms with E-state index in [1.807, 2.05) is 41.2 Å². The molecule has 1 unspecified atom stereocenters. The van der Waals surface area contributed by atoms with Gasteiger partial charge in [-0.1, -0.05) is 24.3 Å². The Morgan fingerprint density at radius 2 is 1.89 bits per heavy atom. The number of carbonyl (C=O) groups is 1. The van der Waals surface area contributed by atoms with Crippen LogP contribution in [0.5, 0.6) is 5.75 Å². The lowest BCUT2D eigenvalue weighted by Gasteiger charge is -2.24. The van der Waals surface area contributed by atoms with Crippen LogP contribution in [0.4, 0.5) is 5.82 Å². The lowest BCUT2D eigenvalue weighted by molar-refractivity contribution is -0.0383. The summed E-state index contributed by atoms with van der Waals surface area (Å²) in [5, 5.41) is 11.1. The molecular formula is C34H33N7O3. The van der Waals surface area contributed by atoms with Gasteiger partial charge in [0.15, 0.2) is 12.0 Å². The first-order valence-corrected chi connectivity index (χ1v) is 14.8. The smallest absolute Gasteiger partial charge is 0.270 e. The molecule has 2 N–H and O–H groups in total. The van der Waals surface area contributed by atoms with Crippen LogP contribution >= 0.6 is 0 Å². The summed E-state index contributed by atoms with van der Waals surface area (Å²) in [6.07, 6.45) is 8.59. The molecule has 0 bridgehead atoms. The van der Waals surface area contributed by atoms with Crippen LogP contribution in [-0.2, 0) is 17.8 Å². The molecule has 0 spiro atoms. The van der Waals surface area contributed by atoms with Gasteiger partial charge in [0.2, 0.25) is 0 Å². The number of hydrogen-bond donors (Lipinski definition) is 2. The molecule has 10 nitrogen and oxygen atoms in total. The summed E-state index contributed by atoms with van der Waals surface area (Å²) >= 11 is 0. The maximum absolute atomic E-state index is 12.7. The summed E-state index contributed by atoms with van der Waals surface area (Å²) in [5.41, 5.74) is 7.17. The van der Waals surface area contributed by atoms with Gasteiger partial charge in [-0.25, -0.2) is 9.67 Å². The number of amides is 1. The number of hydrogen-bond acceptors (Lipinski definition) is 7. The zero-order valence-electron chi connectivity index (χ0n) is 24.4. The number of pyridine rings is 1. The highest BCUT2D eigenvalue weighted by Gasteiger charge is 2.20. The van der Waals surface area contributed by atoms with Crippen molar-refractivity contribution in [2.24, 2.45) is 0 Å². The molecule has 44 heavy (non-hydrogen) atoms. The molecule has 1 saturated heterocycles. The van der Waals surface area contributed by atoms with Crippen molar-refractivity contribution in [1.29, 1.82) is 0 Å². The van der Waals surface area contributed by atoms with Crippen LogP contribution in [0.15, 0.2) is 91.4 Å². The second-order valence-electron chi connectivity index (χ2n) is 10.8. The number of nitrogens with zero attached hydrogens (tertiary/aromatic N) is 5. The second kappa shape index (κ2) is 12.2. The van der Waals surface area contributed by atoms with E-state index in [0.717, 1.165) is 76.4 Å². The molecule has 0 aliphatic carbocycles. The highest BCUT2D eigenvalue weighted by atomic mass is 16.5. The van der Waals surface area contributed by atoms with E-state index in [1.54, 1.807) is 31.5 Å². The largest absolute Gasteiger partial charge is 0.497 e. The van der Waals surface area contributed by atoms with Crippen molar-refractivity contribution >= 4 is 28.3 Å². The van der Waals surface area contributed by atoms with Gasteiger partial charge in [-0.3, -0.25) is 9.78 Å². The van der Waals surface area contributed by atoms with E-state index in [1.165, 1.54) is 0 Å². The quantitative estimate of drug-likeness (QED) is 0.214. The molecule has 1 fully saturated rings. The van der Waals surface area contributed by atoms with Crippen molar-refractivity contribution in [2.45, 2.75) is 38.6 Å². The van der Waals surface area contributed by atoms with Crippen LogP contribution in [0.1, 0.15) is 47.1 Å². The van der Waals surface area contributed by atoms with Gasteiger partial charge in [0.05, 0.1) is 29.4 Å². The number of rotatable bonds is 9. The third kappa shape index (κ3) is 5.59. The van der Waals surface area contributed by atoms with Gasteiger partial charge in [0.25, 0.3) is 5.91 Å². The third-order valence-electron chi connectivity index (χ3n) is 7.95. The Bertz CT molecular complexity index is 1910. The summed E-state index contributed by atoms with van der Waals surface area (Å²) in [6.45, 7) is 1.69. The number of ether oxygens (including phenoxy) is 2. The summed E-state index contributed by atoms with van der Waals surface area (Å²) in [5.74, 6) is 1.34. The van der Waals surface area contributed by atoms with Gasteiger partial charge in [0, 0.05) is 43.9 Å². The van der Waals surface area contributed by atoms with Crippen LogP contribution < -0.4 is 15.4 Å². The minimum Gasteiger partial charge on any atom is -0.497 e. The minimum absolute atomic E-state index is 0.0603. The molecular weight excluding hydrogens is 554 g/mol. The molecule has 6 aromatic rings. The fourth-order valence-corrected chi connectivity index (χ4v) is 5.67. The Hall–Kier alpha value is -5.22. The van der Waals surface area contributed by atoms with Crippen LogP contribution in [0.2, 0.25) is 0 Å². The molecule has 0 saturated carbocycles. The van der Waals surface area contributed by atoms with Gasteiger partial charge in [-0.05, 0) is 78.9 Å². The fourth-order valence-electron chi connectivity index (χ4n) is 5.67. The molecule has 1 atom stereocenters. The maximum atomic E-state index is 12.7. The van der Waals surface area contributed by atoms with Crippen molar-refractivity contribution in [3.63, 3.8) is 0 Å². The molecule has 2 aromatic carbocycles. The van der Waals surface area contributed by atoms with E-state index in [-0.39, 0.29) is 12.1 Å².